The van der Waals surface area contributed by atoms with Crippen LogP contribution < -0.4 is 5.73 Å². The van der Waals surface area contributed by atoms with E-state index >= 15 is 0 Å². The van der Waals surface area contributed by atoms with Crippen LogP contribution in [-0.4, -0.2) is 30.1 Å². The molecule has 0 aliphatic heterocycles. The van der Waals surface area contributed by atoms with Crippen LogP contribution in [0.5, 0.6) is 0 Å². The molecule has 6 heteroatoms. The number of hydrogen-bond donors (Lipinski definition) is 3. The first-order valence-electron chi connectivity index (χ1n) is 5.20. The highest BCUT2D eigenvalue weighted by Crippen LogP contribution is 2.04. The fourth-order valence-corrected chi connectivity index (χ4v) is 0.834. The van der Waals surface area contributed by atoms with E-state index in [4.69, 9.17) is 9.66 Å². The van der Waals surface area contributed by atoms with E-state index in [-0.39, 0.29) is 6.10 Å². The Morgan fingerprint density at radius 1 is 1.27 bits per heavy atom. The molecular weight excluding hydrogens is 218 g/mol. The lowest BCUT2D eigenvalue weighted by Gasteiger charge is -2.04. The number of aliphatic hydroxyl groups excluding tert-OH is 1. The van der Waals surface area contributed by atoms with Gasteiger partial charge in [-0.25, -0.2) is 0 Å². The van der Waals surface area contributed by atoms with Crippen LogP contribution in [0.3, 0.4) is 0 Å². The van der Waals surface area contributed by atoms with Crippen molar-refractivity contribution in [3.05, 3.63) is 0 Å². The molecule has 0 aliphatic carbocycles. The summed E-state index contributed by atoms with van der Waals surface area (Å²) >= 11 is 0. The van der Waals surface area contributed by atoms with Crippen LogP contribution in [0, 0.1) is 0 Å². The molecule has 4 N–H and O–H groups in total. The van der Waals surface area contributed by atoms with Crippen molar-refractivity contribution in [3.63, 3.8) is 0 Å². The van der Waals surface area contributed by atoms with Gasteiger partial charge in [-0.05, 0) is 12.8 Å². The number of aliphatic hydroxyl groups is 1. The lowest BCUT2D eigenvalue weighted by molar-refractivity contribution is 0.156. The van der Waals surface area contributed by atoms with Gasteiger partial charge >= 0.3 is 0 Å². The van der Waals surface area contributed by atoms with Crippen LogP contribution >= 0.6 is 0 Å². The molecule has 0 fully saturated rings. The van der Waals surface area contributed by atoms with Gasteiger partial charge in [0.1, 0.15) is 5.88 Å². The fourth-order valence-electron chi connectivity index (χ4n) is 0.834. The van der Waals surface area contributed by atoms with Crippen LogP contribution in [0.4, 0.5) is 0 Å². The summed E-state index contributed by atoms with van der Waals surface area (Å²) in [5.41, 5.74) is 4.47. The first kappa shape index (κ1) is 17.2. The van der Waals surface area contributed by atoms with E-state index in [1.807, 2.05) is 6.92 Å². The second kappa shape index (κ2) is 10.4. The summed E-state index contributed by atoms with van der Waals surface area (Å²) < 4.78 is 26.5. The van der Waals surface area contributed by atoms with E-state index in [0.29, 0.717) is 0 Å². The maximum absolute atomic E-state index is 9.43. The Morgan fingerprint density at radius 2 is 1.73 bits per heavy atom. The Kier molecular flexibility index (Phi) is 11.9. The van der Waals surface area contributed by atoms with Crippen LogP contribution in [0.1, 0.15) is 46.0 Å². The van der Waals surface area contributed by atoms with Crippen LogP contribution in [-0.2, 0) is 10.1 Å². The molecule has 0 bridgehead atoms. The summed E-state index contributed by atoms with van der Waals surface area (Å²) in [6, 6.07) is 0. The molecule has 0 saturated heterocycles. The van der Waals surface area contributed by atoms with E-state index in [1.54, 1.807) is 0 Å². The largest absolute Gasteiger partial charge is 0.393 e. The molecule has 0 heterocycles. The van der Waals surface area contributed by atoms with Crippen molar-refractivity contribution in [2.24, 2.45) is 5.73 Å². The minimum absolute atomic E-state index is 0.0449. The SMILES string of the molecule is CCCCCC(O)CC.NCS(=O)(=O)O. The van der Waals surface area contributed by atoms with Crippen LogP contribution in [0.15, 0.2) is 0 Å². The number of hydrogen-bond acceptors (Lipinski definition) is 4. The van der Waals surface area contributed by atoms with Crippen molar-refractivity contribution < 1.29 is 18.1 Å². The zero-order valence-corrected chi connectivity index (χ0v) is 10.3. The predicted molar refractivity (Wildman–Crippen MR) is 61.0 cm³/mol. The van der Waals surface area contributed by atoms with Gasteiger partial charge in [0.05, 0.1) is 6.10 Å². The third-order valence-electron chi connectivity index (χ3n) is 1.82. The van der Waals surface area contributed by atoms with Crippen molar-refractivity contribution in [2.45, 2.75) is 52.1 Å². The third kappa shape index (κ3) is 20.0. The Bertz CT molecular complexity index is 216. The molecule has 1 atom stereocenters. The predicted octanol–water partition coefficient (Wildman–Crippen LogP) is 1.13. The van der Waals surface area contributed by atoms with Gasteiger partial charge in [-0.3, -0.25) is 4.55 Å². The van der Waals surface area contributed by atoms with Gasteiger partial charge in [-0.1, -0.05) is 33.1 Å². The highest BCUT2D eigenvalue weighted by molar-refractivity contribution is 7.85. The lowest BCUT2D eigenvalue weighted by atomic mass is 10.1. The van der Waals surface area contributed by atoms with Crippen molar-refractivity contribution >= 4 is 10.1 Å². The summed E-state index contributed by atoms with van der Waals surface area (Å²) in [6.07, 6.45) is 5.55. The summed E-state index contributed by atoms with van der Waals surface area (Å²) in [6.45, 7) is 4.20. The zero-order valence-electron chi connectivity index (χ0n) is 9.52. The summed E-state index contributed by atoms with van der Waals surface area (Å²) in [5, 5.41) is 9.08. The van der Waals surface area contributed by atoms with E-state index < -0.39 is 16.0 Å². The number of nitrogens with two attached hydrogens (primary N) is 1. The number of rotatable bonds is 6. The molecular formula is C9H23NO4S. The topological polar surface area (TPSA) is 101 Å². The van der Waals surface area contributed by atoms with E-state index in [2.05, 4.69) is 12.7 Å². The van der Waals surface area contributed by atoms with Gasteiger partial charge in [-0.2, -0.15) is 8.42 Å². The standard InChI is InChI=1S/C8H18O.CH5NO3S/c1-3-5-6-7-8(9)4-2;2-1-6(3,4)5/h8-9H,3-7H2,1-2H3;1-2H2,(H,3,4,5). The second-order valence-electron chi connectivity index (χ2n) is 3.31. The molecule has 0 spiro atoms. The van der Waals surface area contributed by atoms with Crippen LogP contribution in [0.2, 0.25) is 0 Å². The average Bonchev–Trinajstić information content (AvgIpc) is 2.18. The Hall–Kier alpha value is -0.170. The van der Waals surface area contributed by atoms with E-state index in [1.165, 1.54) is 19.3 Å². The molecule has 15 heavy (non-hydrogen) atoms. The Balaban J connectivity index is 0. The molecule has 1 unspecified atom stereocenters. The van der Waals surface area contributed by atoms with Gasteiger partial charge in [0.2, 0.25) is 0 Å². The van der Waals surface area contributed by atoms with Gasteiger partial charge < -0.3 is 10.8 Å². The second-order valence-corrected chi connectivity index (χ2v) is 4.80. The molecule has 94 valence electrons. The highest BCUT2D eigenvalue weighted by Gasteiger charge is 1.97. The summed E-state index contributed by atoms with van der Waals surface area (Å²) in [4.78, 5) is 0. The first-order valence-corrected chi connectivity index (χ1v) is 6.81. The smallest absolute Gasteiger partial charge is 0.277 e. The monoisotopic (exact) mass is 241 g/mol. The number of unbranched alkanes of at least 4 members (excludes halogenated alkanes) is 2. The molecule has 5 nitrogen and oxygen atoms in total. The summed E-state index contributed by atoms with van der Waals surface area (Å²) in [5.74, 6) is -0.701. The fraction of sp³-hybridized carbons (Fsp3) is 1.00. The van der Waals surface area contributed by atoms with E-state index in [0.717, 1.165) is 12.8 Å². The Labute approximate surface area is 92.4 Å². The molecule has 0 radical (unpaired) electrons. The van der Waals surface area contributed by atoms with Crippen molar-refractivity contribution in [2.75, 3.05) is 5.88 Å². The molecule has 0 rings (SSSR count). The third-order valence-corrected chi connectivity index (χ3v) is 2.24. The van der Waals surface area contributed by atoms with Gasteiger partial charge in [0.25, 0.3) is 10.1 Å². The Morgan fingerprint density at radius 3 is 2.00 bits per heavy atom. The van der Waals surface area contributed by atoms with E-state index in [9.17, 15) is 8.42 Å². The molecule has 0 aromatic heterocycles. The summed E-state index contributed by atoms with van der Waals surface area (Å²) in [7, 11) is -3.88. The molecule has 0 aliphatic rings. The molecule has 0 aromatic carbocycles. The molecule has 0 saturated carbocycles. The van der Waals surface area contributed by atoms with Crippen molar-refractivity contribution in [3.8, 4) is 0 Å². The lowest BCUT2D eigenvalue weighted by Crippen LogP contribution is -2.11. The minimum Gasteiger partial charge on any atom is -0.393 e. The first-order chi connectivity index (χ1) is 6.87. The molecule has 0 aromatic rings. The zero-order chi connectivity index (χ0) is 12.3. The van der Waals surface area contributed by atoms with Crippen molar-refractivity contribution in [1.29, 1.82) is 0 Å². The minimum atomic E-state index is -3.88. The maximum Gasteiger partial charge on any atom is 0.277 e. The normalized spacial score (nSPS) is 12.9. The van der Waals surface area contributed by atoms with Crippen molar-refractivity contribution in [1.82, 2.24) is 0 Å². The average molecular weight is 241 g/mol. The van der Waals surface area contributed by atoms with Gasteiger partial charge in [0, 0.05) is 0 Å². The molecule has 0 amide bonds. The quantitative estimate of drug-likeness (QED) is 0.478. The van der Waals surface area contributed by atoms with Gasteiger partial charge in [-0.15, -0.1) is 0 Å². The maximum atomic E-state index is 9.43. The highest BCUT2D eigenvalue weighted by atomic mass is 32.2. The van der Waals surface area contributed by atoms with Gasteiger partial charge in [0.15, 0.2) is 0 Å². The van der Waals surface area contributed by atoms with Crippen LogP contribution in [0.25, 0.3) is 0 Å².